The van der Waals surface area contributed by atoms with Gasteiger partial charge in [0.05, 0.1) is 5.69 Å². The summed E-state index contributed by atoms with van der Waals surface area (Å²) in [6, 6.07) is 11.8. The molecule has 0 saturated heterocycles. The number of carbonyl (C=O) groups is 1. The Hall–Kier alpha value is -3.48. The van der Waals surface area contributed by atoms with Crippen LogP contribution in [0.1, 0.15) is 28.3 Å². The summed E-state index contributed by atoms with van der Waals surface area (Å²) in [5, 5.41) is 10.6. The molecular weight excluding hydrogens is 364 g/mol. The lowest BCUT2D eigenvalue weighted by atomic mass is 10.1. The van der Waals surface area contributed by atoms with Crippen LogP contribution in [0.3, 0.4) is 0 Å². The molecule has 150 valence electrons. The normalized spacial score (nSPS) is 11.0. The molecule has 0 aliphatic rings. The van der Waals surface area contributed by atoms with E-state index in [0.29, 0.717) is 24.7 Å². The molecule has 1 aromatic carbocycles. The van der Waals surface area contributed by atoms with Crippen LogP contribution in [0.25, 0.3) is 11.9 Å². The summed E-state index contributed by atoms with van der Waals surface area (Å²) >= 11 is 0. The maximum atomic E-state index is 12.0. The lowest BCUT2D eigenvalue weighted by molar-refractivity contribution is -0.116. The van der Waals surface area contributed by atoms with Gasteiger partial charge in [0.15, 0.2) is 5.82 Å². The summed E-state index contributed by atoms with van der Waals surface area (Å²) in [5.74, 6) is 1.94. The number of nitrogens with one attached hydrogen (secondary N) is 2. The lowest BCUT2D eigenvalue weighted by Crippen LogP contribution is -2.27. The predicted molar refractivity (Wildman–Crippen MR) is 115 cm³/mol. The van der Waals surface area contributed by atoms with Crippen LogP contribution in [0.15, 0.2) is 42.5 Å². The number of hydrogen-bond donors (Lipinski definition) is 2. The standard InChI is InChI=1S/C22H26N6O/c1-15-7-5-6-8-19(15)9-10-22(29)24-12-11-23-20-14-21(26-18(4)25-20)28-17(3)13-16(2)27-28/h5-10,13-14H,11-12H2,1-4H3,(H,24,29)(H,23,25,26)/b10-9+. The van der Waals surface area contributed by atoms with Gasteiger partial charge in [0.1, 0.15) is 11.6 Å². The minimum atomic E-state index is -0.128. The van der Waals surface area contributed by atoms with Gasteiger partial charge in [-0.1, -0.05) is 24.3 Å². The molecule has 29 heavy (non-hydrogen) atoms. The summed E-state index contributed by atoms with van der Waals surface area (Å²) in [4.78, 5) is 20.9. The second-order valence-electron chi connectivity index (χ2n) is 6.91. The summed E-state index contributed by atoms with van der Waals surface area (Å²) in [6.07, 6.45) is 3.38. The van der Waals surface area contributed by atoms with E-state index in [1.54, 1.807) is 10.8 Å². The van der Waals surface area contributed by atoms with Crippen molar-refractivity contribution in [2.75, 3.05) is 18.4 Å². The van der Waals surface area contributed by atoms with Crippen molar-refractivity contribution in [3.8, 4) is 5.82 Å². The highest BCUT2D eigenvalue weighted by atomic mass is 16.1. The van der Waals surface area contributed by atoms with E-state index in [1.807, 2.05) is 70.2 Å². The van der Waals surface area contributed by atoms with Crippen LogP contribution in [0.2, 0.25) is 0 Å². The fourth-order valence-electron chi connectivity index (χ4n) is 2.99. The zero-order valence-electron chi connectivity index (χ0n) is 17.2. The number of amides is 1. The van der Waals surface area contributed by atoms with Crippen LogP contribution in [0.5, 0.6) is 0 Å². The van der Waals surface area contributed by atoms with Crippen molar-refractivity contribution in [3.63, 3.8) is 0 Å². The molecule has 2 aromatic heterocycles. The molecule has 2 N–H and O–H groups in total. The molecule has 2 heterocycles. The molecule has 7 heteroatoms. The number of aryl methyl sites for hydroxylation is 4. The first-order valence-corrected chi connectivity index (χ1v) is 9.57. The number of benzene rings is 1. The van der Waals surface area contributed by atoms with Gasteiger partial charge in [0.2, 0.25) is 5.91 Å². The number of hydrogen-bond acceptors (Lipinski definition) is 5. The van der Waals surface area contributed by atoms with Crippen LogP contribution in [-0.2, 0) is 4.79 Å². The highest BCUT2D eigenvalue weighted by Crippen LogP contribution is 2.13. The summed E-state index contributed by atoms with van der Waals surface area (Å²) in [7, 11) is 0. The number of rotatable bonds is 7. The van der Waals surface area contributed by atoms with Gasteiger partial charge in [-0.2, -0.15) is 5.10 Å². The largest absolute Gasteiger partial charge is 0.368 e. The highest BCUT2D eigenvalue weighted by Gasteiger charge is 2.08. The van der Waals surface area contributed by atoms with Gasteiger partial charge < -0.3 is 10.6 Å². The zero-order valence-corrected chi connectivity index (χ0v) is 17.2. The van der Waals surface area contributed by atoms with Gasteiger partial charge in [-0.05, 0) is 51.0 Å². The first kappa shape index (κ1) is 20.3. The number of aromatic nitrogens is 4. The summed E-state index contributed by atoms with van der Waals surface area (Å²) < 4.78 is 1.80. The molecule has 0 bridgehead atoms. The summed E-state index contributed by atoms with van der Waals surface area (Å²) in [5.41, 5.74) is 4.12. The maximum absolute atomic E-state index is 12.0. The molecule has 0 unspecified atom stereocenters. The minimum Gasteiger partial charge on any atom is -0.368 e. The van der Waals surface area contributed by atoms with Crippen molar-refractivity contribution >= 4 is 17.8 Å². The molecule has 1 amide bonds. The van der Waals surface area contributed by atoms with Gasteiger partial charge >= 0.3 is 0 Å². The number of nitrogens with zero attached hydrogens (tertiary/aromatic N) is 4. The monoisotopic (exact) mass is 390 g/mol. The predicted octanol–water partition coefficient (Wildman–Crippen LogP) is 3.14. The van der Waals surface area contributed by atoms with E-state index in [4.69, 9.17) is 0 Å². The van der Waals surface area contributed by atoms with E-state index in [2.05, 4.69) is 25.7 Å². The van der Waals surface area contributed by atoms with E-state index in [0.717, 1.165) is 28.3 Å². The fraction of sp³-hybridized carbons (Fsp3) is 0.273. The van der Waals surface area contributed by atoms with Gasteiger partial charge in [0, 0.05) is 30.9 Å². The van der Waals surface area contributed by atoms with Gasteiger partial charge in [-0.25, -0.2) is 14.6 Å². The van der Waals surface area contributed by atoms with Crippen molar-refractivity contribution in [3.05, 3.63) is 70.8 Å². The molecule has 0 aliphatic carbocycles. The SMILES string of the molecule is Cc1cc(C)n(-c2cc(NCCNC(=O)/C=C/c3ccccc3C)nc(C)n2)n1. The zero-order chi connectivity index (χ0) is 20.8. The number of anilines is 1. The van der Waals surface area contributed by atoms with Crippen LogP contribution >= 0.6 is 0 Å². The topological polar surface area (TPSA) is 84.7 Å². The van der Waals surface area contributed by atoms with Crippen LogP contribution in [-0.4, -0.2) is 38.7 Å². The molecule has 3 aromatic rings. The van der Waals surface area contributed by atoms with Crippen LogP contribution < -0.4 is 10.6 Å². The van der Waals surface area contributed by atoms with Gasteiger partial charge in [-0.3, -0.25) is 4.79 Å². The van der Waals surface area contributed by atoms with E-state index < -0.39 is 0 Å². The smallest absolute Gasteiger partial charge is 0.244 e. The lowest BCUT2D eigenvalue weighted by Gasteiger charge is -2.10. The van der Waals surface area contributed by atoms with E-state index in [9.17, 15) is 4.79 Å². The second-order valence-corrected chi connectivity index (χ2v) is 6.91. The highest BCUT2D eigenvalue weighted by molar-refractivity contribution is 5.91. The third-order valence-electron chi connectivity index (χ3n) is 4.38. The van der Waals surface area contributed by atoms with Crippen LogP contribution in [0, 0.1) is 27.7 Å². The fourth-order valence-corrected chi connectivity index (χ4v) is 2.99. The Labute approximate surface area is 170 Å². The average Bonchev–Trinajstić information content (AvgIpc) is 3.02. The molecule has 0 saturated carbocycles. The third-order valence-corrected chi connectivity index (χ3v) is 4.38. The average molecular weight is 390 g/mol. The Bertz CT molecular complexity index is 1040. The quantitative estimate of drug-likeness (QED) is 0.478. The first-order chi connectivity index (χ1) is 13.9. The minimum absolute atomic E-state index is 0.128. The Morgan fingerprint density at radius 1 is 1.07 bits per heavy atom. The van der Waals surface area contributed by atoms with Crippen LogP contribution in [0.4, 0.5) is 5.82 Å². The number of carbonyl (C=O) groups excluding carboxylic acids is 1. The molecule has 0 aliphatic heterocycles. The van der Waals surface area contributed by atoms with Crippen molar-refractivity contribution in [2.24, 2.45) is 0 Å². The van der Waals surface area contributed by atoms with Gasteiger partial charge in [0.25, 0.3) is 0 Å². The van der Waals surface area contributed by atoms with Crippen molar-refractivity contribution in [1.29, 1.82) is 0 Å². The molecule has 3 rings (SSSR count). The molecular formula is C22H26N6O. The second kappa shape index (κ2) is 9.14. The van der Waals surface area contributed by atoms with Crippen molar-refractivity contribution in [1.82, 2.24) is 25.1 Å². The van der Waals surface area contributed by atoms with E-state index in [1.165, 1.54) is 0 Å². The Morgan fingerprint density at radius 2 is 1.86 bits per heavy atom. The Balaban J connectivity index is 1.53. The van der Waals surface area contributed by atoms with Crippen molar-refractivity contribution in [2.45, 2.75) is 27.7 Å². The molecule has 0 atom stereocenters. The van der Waals surface area contributed by atoms with Crippen molar-refractivity contribution < 1.29 is 4.79 Å². The first-order valence-electron chi connectivity index (χ1n) is 9.57. The Morgan fingerprint density at radius 3 is 2.59 bits per heavy atom. The van der Waals surface area contributed by atoms with E-state index >= 15 is 0 Å². The molecule has 0 radical (unpaired) electrons. The van der Waals surface area contributed by atoms with E-state index in [-0.39, 0.29) is 5.91 Å². The van der Waals surface area contributed by atoms with Gasteiger partial charge in [-0.15, -0.1) is 0 Å². The maximum Gasteiger partial charge on any atom is 0.244 e. The molecule has 0 fully saturated rings. The molecule has 0 spiro atoms. The Kier molecular flexibility index (Phi) is 6.39. The summed E-state index contributed by atoms with van der Waals surface area (Å²) in [6.45, 7) is 8.84. The third kappa shape index (κ3) is 5.51. The molecule has 7 nitrogen and oxygen atoms in total.